The largest absolute Gasteiger partial charge is 0.463 e. The lowest BCUT2D eigenvalue weighted by Crippen LogP contribution is -2.58. The van der Waals surface area contributed by atoms with Crippen LogP contribution in [0.25, 0.3) is 6.08 Å². The van der Waals surface area contributed by atoms with E-state index in [-0.39, 0.29) is 12.0 Å². The molecule has 4 rings (SSSR count). The summed E-state index contributed by atoms with van der Waals surface area (Å²) in [7, 11) is 2.09. The first kappa shape index (κ1) is 15.3. The Balaban J connectivity index is 1.84. The van der Waals surface area contributed by atoms with E-state index in [1.807, 2.05) is 18.2 Å². The van der Waals surface area contributed by atoms with Crippen molar-refractivity contribution in [2.45, 2.75) is 31.4 Å². The second kappa shape index (κ2) is 5.12. The predicted molar refractivity (Wildman–Crippen MR) is 97.5 cm³/mol. The summed E-state index contributed by atoms with van der Waals surface area (Å²) in [5.41, 5.74) is 3.97. The maximum absolute atomic E-state index is 9.26. The van der Waals surface area contributed by atoms with Crippen molar-refractivity contribution >= 4 is 11.8 Å². The van der Waals surface area contributed by atoms with Crippen molar-refractivity contribution < 1.29 is 9.84 Å². The van der Waals surface area contributed by atoms with Crippen LogP contribution in [0.1, 0.15) is 30.5 Å². The molecule has 1 N–H and O–H groups in total. The van der Waals surface area contributed by atoms with E-state index in [0.29, 0.717) is 6.42 Å². The van der Waals surface area contributed by atoms with Gasteiger partial charge < -0.3 is 14.7 Å². The van der Waals surface area contributed by atoms with E-state index in [4.69, 9.17) is 4.74 Å². The number of para-hydroxylation sites is 1. The van der Waals surface area contributed by atoms with Crippen LogP contribution in [0.3, 0.4) is 0 Å². The smallest absolute Gasteiger partial charge is 0.211 e. The average Bonchev–Trinajstić information content (AvgIpc) is 2.74. The maximum Gasteiger partial charge on any atom is 0.211 e. The van der Waals surface area contributed by atoms with Crippen LogP contribution >= 0.6 is 0 Å². The van der Waals surface area contributed by atoms with E-state index in [2.05, 4.69) is 62.2 Å². The lowest BCUT2D eigenvalue weighted by molar-refractivity contribution is 0.0581. The van der Waals surface area contributed by atoms with Crippen LogP contribution in [0.2, 0.25) is 0 Å². The molecule has 2 aromatic rings. The predicted octanol–water partition coefficient (Wildman–Crippen LogP) is 3.75. The molecule has 3 heteroatoms. The molecule has 3 nitrogen and oxygen atoms in total. The molecular weight excluding hydrogens is 298 g/mol. The molecule has 0 amide bonds. The molecule has 0 aliphatic carbocycles. The summed E-state index contributed by atoms with van der Waals surface area (Å²) in [6.07, 6.45) is 5.03. The minimum Gasteiger partial charge on any atom is -0.463 e. The molecule has 1 spiro atoms. The third-order valence-electron chi connectivity index (χ3n) is 5.56. The summed E-state index contributed by atoms with van der Waals surface area (Å²) in [5, 5.41) is 9.26. The van der Waals surface area contributed by atoms with Crippen LogP contribution in [-0.2, 0) is 11.8 Å². The van der Waals surface area contributed by atoms with Gasteiger partial charge in [-0.2, -0.15) is 0 Å². The highest BCUT2D eigenvalue weighted by Gasteiger charge is 2.57. The van der Waals surface area contributed by atoms with Crippen molar-refractivity contribution in [3.63, 3.8) is 0 Å². The van der Waals surface area contributed by atoms with Gasteiger partial charge in [-0.05, 0) is 55.7 Å². The monoisotopic (exact) mass is 321 g/mol. The fourth-order valence-electron chi connectivity index (χ4n) is 4.08. The lowest BCUT2D eigenvalue weighted by atomic mass is 9.76. The Morgan fingerprint density at radius 2 is 1.92 bits per heavy atom. The minimum absolute atomic E-state index is 0.171. The third-order valence-corrected chi connectivity index (χ3v) is 5.56. The number of ether oxygens (including phenoxy) is 1. The Hall–Kier alpha value is -2.26. The first-order chi connectivity index (χ1) is 11.5. The van der Waals surface area contributed by atoms with Crippen LogP contribution in [0, 0.1) is 0 Å². The molecule has 0 radical (unpaired) electrons. The van der Waals surface area contributed by atoms with Crippen molar-refractivity contribution in [2.75, 3.05) is 18.6 Å². The molecule has 2 aliphatic rings. The fourth-order valence-corrected chi connectivity index (χ4v) is 4.08. The number of aliphatic hydroxyl groups is 1. The molecule has 2 aliphatic heterocycles. The first-order valence-electron chi connectivity index (χ1n) is 8.45. The van der Waals surface area contributed by atoms with E-state index in [1.54, 1.807) is 0 Å². The molecule has 24 heavy (non-hydrogen) atoms. The summed E-state index contributed by atoms with van der Waals surface area (Å²) in [5.74, 6) is 0.920. The van der Waals surface area contributed by atoms with Gasteiger partial charge in [-0.3, -0.25) is 0 Å². The molecule has 1 unspecified atom stereocenters. The summed E-state index contributed by atoms with van der Waals surface area (Å²) >= 11 is 0. The van der Waals surface area contributed by atoms with Crippen molar-refractivity contribution in [1.29, 1.82) is 0 Å². The maximum atomic E-state index is 9.26. The Labute approximate surface area is 143 Å². The number of hydrogen-bond donors (Lipinski definition) is 1. The summed E-state index contributed by atoms with van der Waals surface area (Å²) in [6, 6.07) is 14.6. The summed E-state index contributed by atoms with van der Waals surface area (Å²) in [6.45, 7) is 4.64. The van der Waals surface area contributed by atoms with Crippen LogP contribution in [-0.4, -0.2) is 24.5 Å². The van der Waals surface area contributed by atoms with Gasteiger partial charge in [0.1, 0.15) is 5.75 Å². The molecule has 0 aromatic heterocycles. The van der Waals surface area contributed by atoms with E-state index in [9.17, 15) is 5.11 Å². The molecule has 0 fully saturated rings. The second-order valence-electron chi connectivity index (χ2n) is 7.18. The Kier molecular flexibility index (Phi) is 3.26. The Bertz CT molecular complexity index is 824. The highest BCUT2D eigenvalue weighted by Crippen LogP contribution is 2.54. The number of fused-ring (bicyclic) bond motifs is 2. The average molecular weight is 321 g/mol. The molecule has 0 saturated carbocycles. The lowest BCUT2D eigenvalue weighted by Gasteiger charge is -2.45. The molecule has 2 heterocycles. The van der Waals surface area contributed by atoms with Gasteiger partial charge in [0.2, 0.25) is 5.72 Å². The highest BCUT2D eigenvalue weighted by molar-refractivity contribution is 5.72. The van der Waals surface area contributed by atoms with Gasteiger partial charge in [-0.15, -0.1) is 0 Å². The van der Waals surface area contributed by atoms with E-state index < -0.39 is 5.72 Å². The van der Waals surface area contributed by atoms with E-state index >= 15 is 0 Å². The van der Waals surface area contributed by atoms with Crippen LogP contribution in [0.5, 0.6) is 5.75 Å². The number of nitrogens with zero attached hydrogens (tertiary/aromatic N) is 1. The minimum atomic E-state index is -0.540. The topological polar surface area (TPSA) is 32.7 Å². The molecule has 1 atom stereocenters. The standard InChI is InChI=1S/C21H23NO2/c1-20(2)17-14-15(11-13-23)8-9-18(17)22(3)21(20)12-10-16-6-4-5-7-19(16)24-21/h4-10,12,14,23H,11,13H2,1-3H3. The zero-order valence-electron chi connectivity index (χ0n) is 14.4. The van der Waals surface area contributed by atoms with Crippen LogP contribution < -0.4 is 9.64 Å². The zero-order chi connectivity index (χ0) is 16.9. The number of hydrogen-bond acceptors (Lipinski definition) is 3. The normalized spacial score (nSPS) is 23.1. The van der Waals surface area contributed by atoms with Crippen molar-refractivity contribution in [1.82, 2.24) is 0 Å². The van der Waals surface area contributed by atoms with Gasteiger partial charge in [0.15, 0.2) is 0 Å². The molecular formula is C21H23NO2. The van der Waals surface area contributed by atoms with Crippen LogP contribution in [0.15, 0.2) is 48.5 Å². The van der Waals surface area contributed by atoms with Gasteiger partial charge in [-0.25, -0.2) is 0 Å². The second-order valence-corrected chi connectivity index (χ2v) is 7.18. The first-order valence-corrected chi connectivity index (χ1v) is 8.45. The number of aliphatic hydroxyl groups excluding tert-OH is 1. The van der Waals surface area contributed by atoms with Crippen LogP contribution in [0.4, 0.5) is 5.69 Å². The molecule has 124 valence electrons. The van der Waals surface area contributed by atoms with Gasteiger partial charge in [-0.1, -0.05) is 30.3 Å². The van der Waals surface area contributed by atoms with Gasteiger partial charge in [0.05, 0.1) is 5.41 Å². The highest BCUT2D eigenvalue weighted by atomic mass is 16.5. The van der Waals surface area contributed by atoms with Gasteiger partial charge >= 0.3 is 0 Å². The fraction of sp³-hybridized carbons (Fsp3) is 0.333. The number of anilines is 1. The number of benzene rings is 2. The number of rotatable bonds is 2. The quantitative estimate of drug-likeness (QED) is 0.914. The molecule has 0 saturated heterocycles. The van der Waals surface area contributed by atoms with Crippen molar-refractivity contribution in [3.05, 3.63) is 65.2 Å². The van der Waals surface area contributed by atoms with Gasteiger partial charge in [0, 0.05) is 24.9 Å². The van der Waals surface area contributed by atoms with E-state index in [0.717, 1.165) is 16.9 Å². The van der Waals surface area contributed by atoms with E-state index in [1.165, 1.54) is 11.3 Å². The number of likely N-dealkylation sites (N-methyl/N-ethyl adjacent to an activating group) is 1. The zero-order valence-corrected chi connectivity index (χ0v) is 14.4. The Morgan fingerprint density at radius 1 is 1.12 bits per heavy atom. The van der Waals surface area contributed by atoms with Crippen molar-refractivity contribution in [2.24, 2.45) is 0 Å². The van der Waals surface area contributed by atoms with Gasteiger partial charge in [0.25, 0.3) is 0 Å². The molecule has 0 bridgehead atoms. The summed E-state index contributed by atoms with van der Waals surface area (Å²) in [4.78, 5) is 2.23. The molecule has 2 aromatic carbocycles. The van der Waals surface area contributed by atoms with Crippen molar-refractivity contribution in [3.8, 4) is 5.75 Å². The summed E-state index contributed by atoms with van der Waals surface area (Å²) < 4.78 is 6.58. The SMILES string of the molecule is CN1c2ccc(CCO)cc2C(C)(C)C12C=Cc1ccccc1O2. The third kappa shape index (κ3) is 1.88. The Morgan fingerprint density at radius 3 is 2.71 bits per heavy atom.